The van der Waals surface area contributed by atoms with Crippen LogP contribution in [0.5, 0.6) is 0 Å². The highest BCUT2D eigenvalue weighted by Crippen LogP contribution is 2.28. The van der Waals surface area contributed by atoms with Gasteiger partial charge in [-0.05, 0) is 34.7 Å². The SMILES string of the molecule is N#Cc1c(I)ccc(Cl)c1Cl. The molecule has 0 aliphatic rings. The van der Waals surface area contributed by atoms with Gasteiger partial charge in [0, 0.05) is 3.57 Å². The Morgan fingerprint density at radius 3 is 2.45 bits per heavy atom. The van der Waals surface area contributed by atoms with Gasteiger partial charge in [-0.25, -0.2) is 0 Å². The lowest BCUT2D eigenvalue weighted by atomic mass is 10.2. The lowest BCUT2D eigenvalue weighted by Crippen LogP contribution is -1.83. The van der Waals surface area contributed by atoms with E-state index in [4.69, 9.17) is 28.5 Å². The third-order valence-electron chi connectivity index (χ3n) is 1.16. The zero-order valence-electron chi connectivity index (χ0n) is 5.24. The number of hydrogen-bond acceptors (Lipinski definition) is 1. The van der Waals surface area contributed by atoms with Gasteiger partial charge < -0.3 is 0 Å². The minimum absolute atomic E-state index is 0.334. The normalized spacial score (nSPS) is 9.27. The van der Waals surface area contributed by atoms with Crippen LogP contribution in [0.3, 0.4) is 0 Å². The summed E-state index contributed by atoms with van der Waals surface area (Å²) in [6.07, 6.45) is 0. The average Bonchev–Trinajstić information content (AvgIpc) is 1.99. The Bertz CT molecular complexity index is 330. The van der Waals surface area contributed by atoms with E-state index in [0.29, 0.717) is 15.6 Å². The van der Waals surface area contributed by atoms with E-state index in [1.165, 1.54) is 0 Å². The fraction of sp³-hybridized carbons (Fsp3) is 0. The second-order valence-electron chi connectivity index (χ2n) is 1.83. The van der Waals surface area contributed by atoms with Gasteiger partial charge >= 0.3 is 0 Å². The molecule has 4 heteroatoms. The molecule has 11 heavy (non-hydrogen) atoms. The van der Waals surface area contributed by atoms with Gasteiger partial charge in [-0.1, -0.05) is 23.2 Å². The zero-order valence-corrected chi connectivity index (χ0v) is 8.91. The molecular formula is C7H2Cl2IN. The Morgan fingerprint density at radius 2 is 2.00 bits per heavy atom. The molecule has 0 atom stereocenters. The van der Waals surface area contributed by atoms with E-state index < -0.39 is 0 Å². The predicted octanol–water partition coefficient (Wildman–Crippen LogP) is 3.47. The molecule has 0 heterocycles. The van der Waals surface area contributed by atoms with Gasteiger partial charge in [0.1, 0.15) is 6.07 Å². The summed E-state index contributed by atoms with van der Waals surface area (Å²) in [5.74, 6) is 0. The van der Waals surface area contributed by atoms with Crippen LogP contribution in [0.2, 0.25) is 10.0 Å². The summed E-state index contributed by atoms with van der Waals surface area (Å²) in [5.41, 5.74) is 0.444. The van der Waals surface area contributed by atoms with Crippen LogP contribution in [0, 0.1) is 14.9 Å². The molecule has 0 saturated heterocycles. The van der Waals surface area contributed by atoms with E-state index in [-0.39, 0.29) is 0 Å². The van der Waals surface area contributed by atoms with Crippen LogP contribution in [0.4, 0.5) is 0 Å². The van der Waals surface area contributed by atoms with Crippen molar-refractivity contribution in [3.05, 3.63) is 31.3 Å². The molecule has 0 saturated carbocycles. The fourth-order valence-electron chi connectivity index (χ4n) is 0.630. The van der Waals surface area contributed by atoms with Crippen molar-refractivity contribution in [3.63, 3.8) is 0 Å². The van der Waals surface area contributed by atoms with Gasteiger partial charge in [-0.15, -0.1) is 0 Å². The van der Waals surface area contributed by atoms with Crippen LogP contribution >= 0.6 is 45.8 Å². The van der Waals surface area contributed by atoms with Crippen molar-refractivity contribution < 1.29 is 0 Å². The Hall–Kier alpha value is 0.0200. The van der Waals surface area contributed by atoms with E-state index in [9.17, 15) is 0 Å². The Morgan fingerprint density at radius 1 is 1.36 bits per heavy atom. The molecule has 0 spiro atoms. The number of nitrogens with zero attached hydrogens (tertiary/aromatic N) is 1. The summed E-state index contributed by atoms with van der Waals surface area (Å²) in [6.45, 7) is 0. The Balaban J connectivity index is 3.44. The third kappa shape index (κ3) is 1.78. The molecular weight excluding hydrogens is 296 g/mol. The van der Waals surface area contributed by atoms with Gasteiger partial charge in [0.05, 0.1) is 15.6 Å². The summed E-state index contributed by atoms with van der Waals surface area (Å²) in [7, 11) is 0. The molecule has 0 aliphatic heterocycles. The largest absolute Gasteiger partial charge is 0.192 e. The average molecular weight is 298 g/mol. The molecule has 1 rings (SSSR count). The van der Waals surface area contributed by atoms with E-state index in [1.807, 2.05) is 28.7 Å². The molecule has 0 amide bonds. The highest BCUT2D eigenvalue weighted by Gasteiger charge is 2.07. The van der Waals surface area contributed by atoms with E-state index in [1.54, 1.807) is 12.1 Å². The summed E-state index contributed by atoms with van der Waals surface area (Å²) in [5, 5.41) is 9.38. The van der Waals surface area contributed by atoms with E-state index in [2.05, 4.69) is 0 Å². The second-order valence-corrected chi connectivity index (χ2v) is 3.78. The van der Waals surface area contributed by atoms with Crippen molar-refractivity contribution in [2.45, 2.75) is 0 Å². The maximum atomic E-state index is 8.63. The Kier molecular flexibility index (Phi) is 2.99. The summed E-state index contributed by atoms with van der Waals surface area (Å²) >= 11 is 13.5. The van der Waals surface area contributed by atoms with Crippen molar-refractivity contribution in [1.82, 2.24) is 0 Å². The van der Waals surface area contributed by atoms with Gasteiger partial charge in [0.2, 0.25) is 0 Å². The van der Waals surface area contributed by atoms with Crippen molar-refractivity contribution in [3.8, 4) is 6.07 Å². The smallest absolute Gasteiger partial charge is 0.102 e. The highest BCUT2D eigenvalue weighted by molar-refractivity contribution is 14.1. The first-order chi connectivity index (χ1) is 5.16. The van der Waals surface area contributed by atoms with Gasteiger partial charge in [-0.3, -0.25) is 0 Å². The van der Waals surface area contributed by atoms with Crippen LogP contribution < -0.4 is 0 Å². The van der Waals surface area contributed by atoms with Crippen molar-refractivity contribution in [2.24, 2.45) is 0 Å². The van der Waals surface area contributed by atoms with E-state index >= 15 is 0 Å². The van der Waals surface area contributed by atoms with Crippen LogP contribution in [0.1, 0.15) is 5.56 Å². The molecule has 1 aromatic carbocycles. The minimum atomic E-state index is 0.334. The lowest BCUT2D eigenvalue weighted by Gasteiger charge is -1.98. The van der Waals surface area contributed by atoms with E-state index in [0.717, 1.165) is 3.57 Å². The van der Waals surface area contributed by atoms with Gasteiger partial charge in [0.15, 0.2) is 0 Å². The quantitative estimate of drug-likeness (QED) is 0.531. The molecule has 0 bridgehead atoms. The van der Waals surface area contributed by atoms with Gasteiger partial charge in [0.25, 0.3) is 0 Å². The predicted molar refractivity (Wildman–Crippen MR) is 53.9 cm³/mol. The van der Waals surface area contributed by atoms with Crippen molar-refractivity contribution >= 4 is 45.8 Å². The van der Waals surface area contributed by atoms with Crippen LogP contribution in [0.25, 0.3) is 0 Å². The number of hydrogen-bond donors (Lipinski definition) is 0. The zero-order chi connectivity index (χ0) is 8.43. The molecule has 1 aromatic rings. The Labute approximate surface area is 88.1 Å². The van der Waals surface area contributed by atoms with Crippen molar-refractivity contribution in [1.29, 1.82) is 5.26 Å². The highest BCUT2D eigenvalue weighted by atomic mass is 127. The summed E-state index contributed by atoms with van der Waals surface area (Å²) in [6, 6.07) is 5.41. The van der Waals surface area contributed by atoms with Crippen LogP contribution in [-0.2, 0) is 0 Å². The maximum Gasteiger partial charge on any atom is 0.102 e. The molecule has 0 aliphatic carbocycles. The molecule has 0 aromatic heterocycles. The second kappa shape index (κ2) is 3.61. The molecule has 0 fully saturated rings. The van der Waals surface area contributed by atoms with Crippen LogP contribution in [0.15, 0.2) is 12.1 Å². The molecule has 1 nitrogen and oxygen atoms in total. The number of benzene rings is 1. The van der Waals surface area contributed by atoms with Crippen LogP contribution in [-0.4, -0.2) is 0 Å². The minimum Gasteiger partial charge on any atom is -0.192 e. The lowest BCUT2D eigenvalue weighted by molar-refractivity contribution is 1.46. The molecule has 0 unspecified atom stereocenters. The molecule has 0 N–H and O–H groups in total. The standard InChI is InChI=1S/C7H2Cl2IN/c8-5-1-2-6(10)4(3-11)7(5)9/h1-2H. The number of nitriles is 1. The summed E-state index contributed by atoms with van der Waals surface area (Å²) in [4.78, 5) is 0. The van der Waals surface area contributed by atoms with Gasteiger partial charge in [-0.2, -0.15) is 5.26 Å². The number of halogens is 3. The maximum absolute atomic E-state index is 8.63. The monoisotopic (exact) mass is 297 g/mol. The first-order valence-electron chi connectivity index (χ1n) is 2.70. The third-order valence-corrected chi connectivity index (χ3v) is 2.86. The number of rotatable bonds is 0. The first-order valence-corrected chi connectivity index (χ1v) is 4.54. The summed E-state index contributed by atoms with van der Waals surface area (Å²) < 4.78 is 0.819. The first kappa shape index (κ1) is 9.11. The molecule has 0 radical (unpaired) electrons. The topological polar surface area (TPSA) is 23.8 Å². The van der Waals surface area contributed by atoms with Crippen molar-refractivity contribution in [2.75, 3.05) is 0 Å². The fourth-order valence-corrected chi connectivity index (χ4v) is 1.72. The molecule has 56 valence electrons.